The predicted molar refractivity (Wildman–Crippen MR) is 73.6 cm³/mol. The van der Waals surface area contributed by atoms with E-state index >= 15 is 0 Å². The highest BCUT2D eigenvalue weighted by Gasteiger charge is 2.30. The molecule has 1 aromatic rings. The van der Waals surface area contributed by atoms with Crippen molar-refractivity contribution in [3.05, 3.63) is 35.6 Å². The van der Waals surface area contributed by atoms with E-state index in [9.17, 15) is 9.18 Å². The summed E-state index contributed by atoms with van der Waals surface area (Å²) in [6.45, 7) is 7.66. The molecule has 0 radical (unpaired) electrons. The summed E-state index contributed by atoms with van der Waals surface area (Å²) in [4.78, 5) is 16.4. The molecule has 1 atom stereocenters. The third-order valence-corrected chi connectivity index (χ3v) is 3.88. The monoisotopic (exact) mass is 264 g/mol. The van der Waals surface area contributed by atoms with Crippen LogP contribution in [0.25, 0.3) is 0 Å². The van der Waals surface area contributed by atoms with Crippen molar-refractivity contribution < 1.29 is 9.18 Å². The fourth-order valence-corrected chi connectivity index (χ4v) is 2.77. The molecule has 4 heteroatoms. The van der Waals surface area contributed by atoms with Gasteiger partial charge in [-0.3, -0.25) is 9.69 Å². The van der Waals surface area contributed by atoms with Crippen molar-refractivity contribution in [2.45, 2.75) is 26.3 Å². The van der Waals surface area contributed by atoms with Crippen LogP contribution in [0.5, 0.6) is 0 Å². The lowest BCUT2D eigenvalue weighted by Gasteiger charge is -2.26. The Bertz CT molecular complexity index is 446. The van der Waals surface area contributed by atoms with E-state index in [1.807, 2.05) is 0 Å². The molecule has 0 aliphatic carbocycles. The molecule has 0 aromatic heterocycles. The number of carbonyl (C=O) groups is 1. The quantitative estimate of drug-likeness (QED) is 0.833. The van der Waals surface area contributed by atoms with Crippen LogP contribution in [0.15, 0.2) is 24.3 Å². The molecular formula is C15H21FN2O. The zero-order chi connectivity index (χ0) is 13.8. The molecule has 104 valence electrons. The van der Waals surface area contributed by atoms with Gasteiger partial charge in [-0.1, -0.05) is 26.0 Å². The Labute approximate surface area is 114 Å². The first-order valence-electron chi connectivity index (χ1n) is 6.95. The van der Waals surface area contributed by atoms with Gasteiger partial charge in [-0.15, -0.1) is 0 Å². The maximum Gasteiger partial charge on any atom is 0.256 e. The number of amides is 1. The second kappa shape index (κ2) is 6.15. The average Bonchev–Trinajstić information content (AvgIpc) is 2.90. The van der Waals surface area contributed by atoms with Gasteiger partial charge in [-0.2, -0.15) is 0 Å². The molecule has 3 nitrogen and oxygen atoms in total. The lowest BCUT2D eigenvalue weighted by molar-refractivity contribution is 0.0773. The first-order chi connectivity index (χ1) is 9.17. The van der Waals surface area contributed by atoms with Gasteiger partial charge in [-0.25, -0.2) is 4.39 Å². The van der Waals surface area contributed by atoms with E-state index < -0.39 is 5.82 Å². The lowest BCUT2D eigenvalue weighted by Crippen LogP contribution is -2.38. The van der Waals surface area contributed by atoms with Crippen LogP contribution in [0, 0.1) is 5.82 Å². The minimum Gasteiger partial charge on any atom is -0.337 e. The minimum absolute atomic E-state index is 0.183. The molecule has 1 unspecified atom stereocenters. The number of likely N-dealkylation sites (N-methyl/N-ethyl adjacent to an activating group) is 1. The highest BCUT2D eigenvalue weighted by atomic mass is 19.1. The summed E-state index contributed by atoms with van der Waals surface area (Å²) in [7, 11) is 0. The van der Waals surface area contributed by atoms with Crippen LogP contribution < -0.4 is 0 Å². The van der Waals surface area contributed by atoms with Crippen molar-refractivity contribution in [2.24, 2.45) is 0 Å². The molecule has 1 fully saturated rings. The van der Waals surface area contributed by atoms with Gasteiger partial charge in [0.1, 0.15) is 5.82 Å². The van der Waals surface area contributed by atoms with Crippen LogP contribution in [0.2, 0.25) is 0 Å². The molecular weight excluding hydrogens is 243 g/mol. The number of halogens is 1. The van der Waals surface area contributed by atoms with Crippen LogP contribution in [0.3, 0.4) is 0 Å². The van der Waals surface area contributed by atoms with Crippen LogP contribution >= 0.6 is 0 Å². The number of rotatable bonds is 4. The number of hydrogen-bond acceptors (Lipinski definition) is 2. The molecule has 1 heterocycles. The van der Waals surface area contributed by atoms with E-state index in [2.05, 4.69) is 18.7 Å². The fourth-order valence-electron chi connectivity index (χ4n) is 2.77. The predicted octanol–water partition coefficient (Wildman–Crippen LogP) is 2.38. The second-order valence-corrected chi connectivity index (χ2v) is 4.89. The van der Waals surface area contributed by atoms with Crippen LogP contribution in [-0.4, -0.2) is 47.9 Å². The molecule has 1 aliphatic rings. The number of likely N-dealkylation sites (tertiary alicyclic amines) is 1. The molecule has 2 rings (SSSR count). The Morgan fingerprint density at radius 1 is 1.37 bits per heavy atom. The van der Waals surface area contributed by atoms with E-state index in [4.69, 9.17) is 0 Å². The summed E-state index contributed by atoms with van der Waals surface area (Å²) >= 11 is 0. The van der Waals surface area contributed by atoms with Crippen molar-refractivity contribution in [1.82, 2.24) is 9.80 Å². The average molecular weight is 264 g/mol. The molecule has 1 amide bonds. The van der Waals surface area contributed by atoms with E-state index in [0.29, 0.717) is 19.1 Å². The molecule has 1 aromatic carbocycles. The van der Waals surface area contributed by atoms with Gasteiger partial charge in [0.2, 0.25) is 0 Å². The van der Waals surface area contributed by atoms with Gasteiger partial charge in [-0.05, 0) is 31.6 Å². The van der Waals surface area contributed by atoms with E-state index in [-0.39, 0.29) is 11.5 Å². The number of nitrogens with zero attached hydrogens (tertiary/aromatic N) is 2. The van der Waals surface area contributed by atoms with Gasteiger partial charge in [0.15, 0.2) is 0 Å². The molecule has 1 aliphatic heterocycles. The third-order valence-electron chi connectivity index (χ3n) is 3.88. The Hall–Kier alpha value is -1.42. The fraction of sp³-hybridized carbons (Fsp3) is 0.533. The largest absolute Gasteiger partial charge is 0.337 e. The van der Waals surface area contributed by atoms with Crippen molar-refractivity contribution in [3.8, 4) is 0 Å². The molecule has 0 N–H and O–H groups in total. The first-order valence-corrected chi connectivity index (χ1v) is 6.95. The topological polar surface area (TPSA) is 23.6 Å². The minimum atomic E-state index is -0.432. The zero-order valence-electron chi connectivity index (χ0n) is 11.6. The highest BCUT2D eigenvalue weighted by Crippen LogP contribution is 2.19. The number of benzene rings is 1. The van der Waals surface area contributed by atoms with Crippen LogP contribution in [0.4, 0.5) is 4.39 Å². The molecule has 1 saturated heterocycles. The van der Waals surface area contributed by atoms with Gasteiger partial charge < -0.3 is 4.90 Å². The van der Waals surface area contributed by atoms with E-state index in [1.54, 1.807) is 23.1 Å². The van der Waals surface area contributed by atoms with Gasteiger partial charge in [0.05, 0.1) is 5.56 Å². The maximum absolute atomic E-state index is 13.6. The first kappa shape index (κ1) is 14.0. The summed E-state index contributed by atoms with van der Waals surface area (Å²) in [5.41, 5.74) is 0.183. The Morgan fingerprint density at radius 3 is 2.68 bits per heavy atom. The summed E-state index contributed by atoms with van der Waals surface area (Å²) in [6.07, 6.45) is 0.974. The summed E-state index contributed by atoms with van der Waals surface area (Å²) in [5.74, 6) is -0.619. The highest BCUT2D eigenvalue weighted by molar-refractivity contribution is 5.94. The number of hydrogen-bond donors (Lipinski definition) is 0. The van der Waals surface area contributed by atoms with Crippen molar-refractivity contribution >= 4 is 5.91 Å². The normalized spacial score (nSPS) is 19.2. The summed E-state index contributed by atoms with van der Waals surface area (Å²) in [5, 5.41) is 0. The Morgan fingerprint density at radius 2 is 2.05 bits per heavy atom. The number of carbonyl (C=O) groups excluding carboxylic acids is 1. The molecule has 0 bridgehead atoms. The zero-order valence-corrected chi connectivity index (χ0v) is 11.6. The van der Waals surface area contributed by atoms with Crippen molar-refractivity contribution in [2.75, 3.05) is 26.2 Å². The SMILES string of the molecule is CCN(CC)C1CCN(C(=O)c2ccccc2F)C1. The van der Waals surface area contributed by atoms with Gasteiger partial charge >= 0.3 is 0 Å². The van der Waals surface area contributed by atoms with Gasteiger partial charge in [0, 0.05) is 19.1 Å². The summed E-state index contributed by atoms with van der Waals surface area (Å²) < 4.78 is 13.6. The van der Waals surface area contributed by atoms with E-state index in [1.165, 1.54) is 6.07 Å². The van der Waals surface area contributed by atoms with E-state index in [0.717, 1.165) is 19.5 Å². The smallest absolute Gasteiger partial charge is 0.256 e. The molecule has 0 spiro atoms. The second-order valence-electron chi connectivity index (χ2n) is 4.89. The summed E-state index contributed by atoms with van der Waals surface area (Å²) in [6, 6.07) is 6.61. The molecule has 0 saturated carbocycles. The maximum atomic E-state index is 13.6. The van der Waals surface area contributed by atoms with Crippen molar-refractivity contribution in [3.63, 3.8) is 0 Å². The Kier molecular flexibility index (Phi) is 4.53. The van der Waals surface area contributed by atoms with Crippen LogP contribution in [0.1, 0.15) is 30.6 Å². The van der Waals surface area contributed by atoms with Crippen molar-refractivity contribution in [1.29, 1.82) is 0 Å². The van der Waals surface area contributed by atoms with Crippen LogP contribution in [-0.2, 0) is 0 Å². The Balaban J connectivity index is 2.05. The third kappa shape index (κ3) is 2.95. The molecule has 19 heavy (non-hydrogen) atoms. The standard InChI is InChI=1S/C15H21FN2O/c1-3-17(4-2)12-9-10-18(11-12)15(19)13-7-5-6-8-14(13)16/h5-8,12H,3-4,9-11H2,1-2H3. The lowest BCUT2D eigenvalue weighted by atomic mass is 10.2. The van der Waals surface area contributed by atoms with Gasteiger partial charge in [0.25, 0.3) is 5.91 Å².